The summed E-state index contributed by atoms with van der Waals surface area (Å²) in [6.07, 6.45) is 0. The van der Waals surface area contributed by atoms with Gasteiger partial charge in [-0.1, -0.05) is 37.0 Å². The van der Waals surface area contributed by atoms with Gasteiger partial charge in [-0.05, 0) is 18.2 Å². The van der Waals surface area contributed by atoms with E-state index >= 15 is 0 Å². The van der Waals surface area contributed by atoms with Crippen LogP contribution in [0.25, 0.3) is 11.3 Å². The predicted octanol–water partition coefficient (Wildman–Crippen LogP) is 4.10. The molecule has 1 aromatic carbocycles. The molecule has 0 aliphatic heterocycles. The van der Waals surface area contributed by atoms with Crippen molar-refractivity contribution < 1.29 is 0 Å². The standard InChI is InChI=1S/C13H15Cl2N3/c1-7(2)13-17-11(12(16)18(13)3)8-4-9(14)6-10(15)5-8/h4-7H,16H2,1-3H3. The average molecular weight is 284 g/mol. The van der Waals surface area contributed by atoms with Crippen molar-refractivity contribution in [2.45, 2.75) is 19.8 Å². The lowest BCUT2D eigenvalue weighted by Gasteiger charge is -2.04. The quantitative estimate of drug-likeness (QED) is 0.902. The Bertz CT molecular complexity index is 568. The molecule has 0 aliphatic carbocycles. The normalized spacial score (nSPS) is 11.2. The number of nitrogen functional groups attached to an aromatic ring is 1. The van der Waals surface area contributed by atoms with E-state index < -0.39 is 0 Å². The monoisotopic (exact) mass is 283 g/mol. The van der Waals surface area contributed by atoms with Crippen LogP contribution in [0, 0.1) is 0 Å². The van der Waals surface area contributed by atoms with Gasteiger partial charge in [0.15, 0.2) is 0 Å². The number of halogens is 2. The summed E-state index contributed by atoms with van der Waals surface area (Å²) in [7, 11) is 1.91. The van der Waals surface area contributed by atoms with Gasteiger partial charge in [0, 0.05) is 28.6 Å². The Morgan fingerprint density at radius 2 is 1.72 bits per heavy atom. The molecular formula is C13H15Cl2N3. The highest BCUT2D eigenvalue weighted by molar-refractivity contribution is 6.35. The molecule has 96 valence electrons. The highest BCUT2D eigenvalue weighted by Gasteiger charge is 2.16. The maximum Gasteiger partial charge on any atom is 0.131 e. The van der Waals surface area contributed by atoms with Gasteiger partial charge in [0.1, 0.15) is 17.3 Å². The van der Waals surface area contributed by atoms with Crippen molar-refractivity contribution in [1.29, 1.82) is 0 Å². The second kappa shape index (κ2) is 4.82. The summed E-state index contributed by atoms with van der Waals surface area (Å²) >= 11 is 12.0. The first kappa shape index (κ1) is 13.2. The molecule has 1 heterocycles. The van der Waals surface area contributed by atoms with E-state index in [4.69, 9.17) is 28.9 Å². The number of nitrogens with two attached hydrogens (primary N) is 1. The molecule has 0 spiro atoms. The summed E-state index contributed by atoms with van der Waals surface area (Å²) in [5, 5.41) is 1.15. The van der Waals surface area contributed by atoms with Gasteiger partial charge in [0.2, 0.25) is 0 Å². The molecule has 3 nitrogen and oxygen atoms in total. The van der Waals surface area contributed by atoms with Gasteiger partial charge >= 0.3 is 0 Å². The topological polar surface area (TPSA) is 43.8 Å². The highest BCUT2D eigenvalue weighted by Crippen LogP contribution is 2.32. The summed E-state index contributed by atoms with van der Waals surface area (Å²) in [4.78, 5) is 4.58. The molecule has 0 unspecified atom stereocenters. The minimum Gasteiger partial charge on any atom is -0.383 e. The zero-order valence-corrected chi connectivity index (χ0v) is 12.0. The van der Waals surface area contributed by atoms with Gasteiger partial charge in [-0.2, -0.15) is 0 Å². The SMILES string of the molecule is CC(C)c1nc(-c2cc(Cl)cc(Cl)c2)c(N)n1C. The van der Waals surface area contributed by atoms with Crippen LogP contribution in [0.5, 0.6) is 0 Å². The second-order valence-electron chi connectivity index (χ2n) is 4.58. The lowest BCUT2D eigenvalue weighted by Crippen LogP contribution is -2.02. The minimum atomic E-state index is 0.306. The minimum absolute atomic E-state index is 0.306. The predicted molar refractivity (Wildman–Crippen MR) is 77.2 cm³/mol. The molecule has 0 atom stereocenters. The fourth-order valence-electron chi connectivity index (χ4n) is 1.95. The van der Waals surface area contributed by atoms with Crippen LogP contribution in [0.15, 0.2) is 18.2 Å². The zero-order valence-electron chi connectivity index (χ0n) is 10.5. The Hall–Kier alpha value is -1.19. The van der Waals surface area contributed by atoms with E-state index in [1.807, 2.05) is 23.7 Å². The van der Waals surface area contributed by atoms with Crippen LogP contribution in [0.3, 0.4) is 0 Å². The van der Waals surface area contributed by atoms with Gasteiger partial charge < -0.3 is 10.3 Å². The van der Waals surface area contributed by atoms with Crippen molar-refractivity contribution >= 4 is 29.0 Å². The van der Waals surface area contributed by atoms with Crippen LogP contribution in [-0.4, -0.2) is 9.55 Å². The molecule has 0 bridgehead atoms. The molecule has 2 N–H and O–H groups in total. The number of hydrogen-bond acceptors (Lipinski definition) is 2. The van der Waals surface area contributed by atoms with Crippen LogP contribution in [-0.2, 0) is 7.05 Å². The maximum absolute atomic E-state index is 6.09. The van der Waals surface area contributed by atoms with Crippen molar-refractivity contribution in [3.63, 3.8) is 0 Å². The molecule has 0 amide bonds. The molecule has 1 aromatic heterocycles. The maximum atomic E-state index is 6.09. The Morgan fingerprint density at radius 1 is 1.17 bits per heavy atom. The molecule has 0 saturated heterocycles. The summed E-state index contributed by atoms with van der Waals surface area (Å²) < 4.78 is 1.90. The number of imidazole rings is 1. The van der Waals surface area contributed by atoms with Gasteiger partial charge in [0.25, 0.3) is 0 Å². The molecule has 0 saturated carbocycles. The third-order valence-corrected chi connectivity index (χ3v) is 3.26. The second-order valence-corrected chi connectivity index (χ2v) is 5.45. The van der Waals surface area contributed by atoms with Crippen molar-refractivity contribution in [1.82, 2.24) is 9.55 Å². The van der Waals surface area contributed by atoms with Crippen LogP contribution < -0.4 is 5.73 Å². The van der Waals surface area contributed by atoms with Gasteiger partial charge in [-0.15, -0.1) is 0 Å². The van der Waals surface area contributed by atoms with E-state index in [0.29, 0.717) is 21.8 Å². The molecule has 2 rings (SSSR count). The Kier molecular flexibility index (Phi) is 3.55. The lowest BCUT2D eigenvalue weighted by atomic mass is 10.1. The van der Waals surface area contributed by atoms with Gasteiger partial charge in [-0.3, -0.25) is 0 Å². The molecule has 18 heavy (non-hydrogen) atoms. The molecule has 2 aromatic rings. The largest absolute Gasteiger partial charge is 0.383 e. The molecular weight excluding hydrogens is 269 g/mol. The average Bonchev–Trinajstić information content (AvgIpc) is 2.55. The van der Waals surface area contributed by atoms with Gasteiger partial charge in [0.05, 0.1) is 0 Å². The Labute approximate surface area is 117 Å². The number of hydrogen-bond donors (Lipinski definition) is 1. The van der Waals surface area contributed by atoms with Crippen LogP contribution >= 0.6 is 23.2 Å². The summed E-state index contributed by atoms with van der Waals surface area (Å²) in [5.41, 5.74) is 7.66. The van der Waals surface area contributed by atoms with E-state index in [-0.39, 0.29) is 0 Å². The van der Waals surface area contributed by atoms with Crippen LogP contribution in [0.4, 0.5) is 5.82 Å². The number of anilines is 1. The number of nitrogens with zero attached hydrogens (tertiary/aromatic N) is 2. The fourth-order valence-corrected chi connectivity index (χ4v) is 2.47. The number of rotatable bonds is 2. The number of aromatic nitrogens is 2. The summed E-state index contributed by atoms with van der Waals surface area (Å²) in [5.74, 6) is 1.87. The number of benzene rings is 1. The smallest absolute Gasteiger partial charge is 0.131 e. The van der Waals surface area contributed by atoms with Crippen molar-refractivity contribution in [3.8, 4) is 11.3 Å². The molecule has 5 heteroatoms. The molecule has 0 fully saturated rings. The summed E-state index contributed by atoms with van der Waals surface area (Å²) in [6.45, 7) is 4.16. The molecule has 0 radical (unpaired) electrons. The first-order valence-electron chi connectivity index (χ1n) is 5.68. The Morgan fingerprint density at radius 3 is 2.17 bits per heavy atom. The third kappa shape index (κ3) is 2.33. The van der Waals surface area contributed by atoms with Crippen molar-refractivity contribution in [3.05, 3.63) is 34.1 Å². The third-order valence-electron chi connectivity index (χ3n) is 2.83. The van der Waals surface area contributed by atoms with E-state index in [9.17, 15) is 0 Å². The lowest BCUT2D eigenvalue weighted by molar-refractivity contribution is 0.715. The summed E-state index contributed by atoms with van der Waals surface area (Å²) in [6, 6.07) is 5.32. The Balaban J connectivity index is 2.60. The first-order chi connectivity index (χ1) is 8.40. The zero-order chi connectivity index (χ0) is 13.4. The first-order valence-corrected chi connectivity index (χ1v) is 6.44. The van der Waals surface area contributed by atoms with E-state index in [1.165, 1.54) is 0 Å². The van der Waals surface area contributed by atoms with Crippen LogP contribution in [0.1, 0.15) is 25.6 Å². The van der Waals surface area contributed by atoms with E-state index in [0.717, 1.165) is 17.1 Å². The highest BCUT2D eigenvalue weighted by atomic mass is 35.5. The molecule has 0 aliphatic rings. The van der Waals surface area contributed by atoms with Crippen molar-refractivity contribution in [2.24, 2.45) is 7.05 Å². The van der Waals surface area contributed by atoms with Crippen molar-refractivity contribution in [2.75, 3.05) is 5.73 Å². The fraction of sp³-hybridized carbons (Fsp3) is 0.308. The van der Waals surface area contributed by atoms with E-state index in [2.05, 4.69) is 18.8 Å². The van der Waals surface area contributed by atoms with Gasteiger partial charge in [-0.25, -0.2) is 4.98 Å². The van der Waals surface area contributed by atoms with E-state index in [1.54, 1.807) is 6.07 Å². The van der Waals surface area contributed by atoms with Crippen LogP contribution in [0.2, 0.25) is 10.0 Å².